The lowest BCUT2D eigenvalue weighted by Gasteiger charge is -2.14. The van der Waals surface area contributed by atoms with Crippen LogP contribution in [0.4, 0.5) is 0 Å². The summed E-state index contributed by atoms with van der Waals surface area (Å²) in [5, 5.41) is 2.84. The molecule has 5 nitrogen and oxygen atoms in total. The number of aromatic amines is 1. The van der Waals surface area contributed by atoms with Crippen molar-refractivity contribution in [3.63, 3.8) is 0 Å². The third kappa shape index (κ3) is 3.71. The van der Waals surface area contributed by atoms with Gasteiger partial charge < -0.3 is 16.0 Å². The van der Waals surface area contributed by atoms with Gasteiger partial charge >= 0.3 is 0 Å². The molecule has 5 heteroatoms. The van der Waals surface area contributed by atoms with Crippen molar-refractivity contribution in [1.82, 2.24) is 15.3 Å². The van der Waals surface area contributed by atoms with Gasteiger partial charge in [-0.1, -0.05) is 6.92 Å². The Balaban J connectivity index is 2.23. The van der Waals surface area contributed by atoms with Crippen molar-refractivity contribution in [3.8, 4) is 0 Å². The predicted molar refractivity (Wildman–Crippen MR) is 58.1 cm³/mol. The van der Waals surface area contributed by atoms with Gasteiger partial charge in [-0.25, -0.2) is 4.98 Å². The van der Waals surface area contributed by atoms with E-state index in [-0.39, 0.29) is 17.9 Å². The number of imidazole rings is 1. The highest BCUT2D eigenvalue weighted by molar-refractivity contribution is 5.78. The summed E-state index contributed by atoms with van der Waals surface area (Å²) in [4.78, 5) is 18.4. The molecule has 0 spiro atoms. The largest absolute Gasteiger partial charge is 0.355 e. The average Bonchev–Trinajstić information content (AvgIpc) is 2.69. The zero-order valence-corrected chi connectivity index (χ0v) is 9.16. The lowest BCUT2D eigenvalue weighted by molar-refractivity contribution is -0.124. The van der Waals surface area contributed by atoms with Crippen LogP contribution in [0.2, 0.25) is 0 Å². The summed E-state index contributed by atoms with van der Waals surface area (Å²) in [6.07, 6.45) is 4.14. The van der Waals surface area contributed by atoms with Gasteiger partial charge in [-0.15, -0.1) is 0 Å². The number of nitrogens with zero attached hydrogens (tertiary/aromatic N) is 1. The quantitative estimate of drug-likeness (QED) is 0.642. The van der Waals surface area contributed by atoms with Crippen LogP contribution in [0.5, 0.6) is 0 Å². The SMILES string of the molecule is CC(N)C(C)C(=O)NCCc1cnc[nH]1. The van der Waals surface area contributed by atoms with E-state index in [9.17, 15) is 4.79 Å². The van der Waals surface area contributed by atoms with E-state index in [1.54, 1.807) is 12.5 Å². The fourth-order valence-corrected chi connectivity index (χ4v) is 1.14. The van der Waals surface area contributed by atoms with Crippen LogP contribution in [0.1, 0.15) is 19.5 Å². The number of H-pyrrole nitrogens is 1. The number of hydrogen-bond donors (Lipinski definition) is 3. The monoisotopic (exact) mass is 210 g/mol. The van der Waals surface area contributed by atoms with Crippen LogP contribution in [-0.2, 0) is 11.2 Å². The van der Waals surface area contributed by atoms with Crippen LogP contribution in [0.15, 0.2) is 12.5 Å². The van der Waals surface area contributed by atoms with Gasteiger partial charge in [0.25, 0.3) is 0 Å². The first-order chi connectivity index (χ1) is 7.11. The molecular formula is C10H18N4O. The Labute approximate surface area is 89.5 Å². The van der Waals surface area contributed by atoms with Gasteiger partial charge in [0.1, 0.15) is 0 Å². The molecule has 2 atom stereocenters. The molecule has 0 aliphatic carbocycles. The average molecular weight is 210 g/mol. The number of amides is 1. The zero-order chi connectivity index (χ0) is 11.3. The van der Waals surface area contributed by atoms with E-state index in [2.05, 4.69) is 15.3 Å². The Hall–Kier alpha value is -1.36. The van der Waals surface area contributed by atoms with Crippen LogP contribution in [0, 0.1) is 5.92 Å². The van der Waals surface area contributed by atoms with Gasteiger partial charge in [-0.2, -0.15) is 0 Å². The van der Waals surface area contributed by atoms with E-state index in [4.69, 9.17) is 5.73 Å². The summed E-state index contributed by atoms with van der Waals surface area (Å²) >= 11 is 0. The Morgan fingerprint density at radius 1 is 1.67 bits per heavy atom. The highest BCUT2D eigenvalue weighted by atomic mass is 16.1. The van der Waals surface area contributed by atoms with Crippen LogP contribution >= 0.6 is 0 Å². The summed E-state index contributed by atoms with van der Waals surface area (Å²) in [5.41, 5.74) is 6.64. The highest BCUT2D eigenvalue weighted by Gasteiger charge is 2.15. The van der Waals surface area contributed by atoms with E-state index in [1.807, 2.05) is 13.8 Å². The van der Waals surface area contributed by atoms with Gasteiger partial charge in [0.2, 0.25) is 5.91 Å². The summed E-state index contributed by atoms with van der Waals surface area (Å²) in [6, 6.07) is -0.114. The number of carbonyl (C=O) groups is 1. The number of nitrogens with two attached hydrogens (primary N) is 1. The van der Waals surface area contributed by atoms with Crippen molar-refractivity contribution in [3.05, 3.63) is 18.2 Å². The normalized spacial score (nSPS) is 14.6. The van der Waals surface area contributed by atoms with E-state index in [1.165, 1.54) is 0 Å². The molecule has 0 aliphatic heterocycles. The van der Waals surface area contributed by atoms with Crippen LogP contribution in [0.25, 0.3) is 0 Å². The van der Waals surface area contributed by atoms with Crippen molar-refractivity contribution < 1.29 is 4.79 Å². The molecule has 0 bridgehead atoms. The van der Waals surface area contributed by atoms with Gasteiger partial charge in [0.05, 0.1) is 6.33 Å². The highest BCUT2D eigenvalue weighted by Crippen LogP contribution is 1.99. The van der Waals surface area contributed by atoms with Gasteiger partial charge in [-0.05, 0) is 6.92 Å². The summed E-state index contributed by atoms with van der Waals surface area (Å²) in [5.74, 6) is -0.142. The molecule has 2 unspecified atom stereocenters. The molecular weight excluding hydrogens is 192 g/mol. The molecule has 1 aromatic heterocycles. The maximum atomic E-state index is 11.5. The van der Waals surface area contributed by atoms with Crippen molar-refractivity contribution in [1.29, 1.82) is 0 Å². The minimum absolute atomic E-state index is 0.00418. The Kier molecular flexibility index (Phi) is 4.30. The first-order valence-electron chi connectivity index (χ1n) is 5.12. The Morgan fingerprint density at radius 2 is 2.40 bits per heavy atom. The second-order valence-electron chi connectivity index (χ2n) is 3.77. The lowest BCUT2D eigenvalue weighted by Crippen LogP contribution is -2.39. The number of rotatable bonds is 5. The van der Waals surface area contributed by atoms with Crippen LogP contribution in [-0.4, -0.2) is 28.5 Å². The van der Waals surface area contributed by atoms with Crippen LogP contribution < -0.4 is 11.1 Å². The van der Waals surface area contributed by atoms with Crippen molar-refractivity contribution >= 4 is 5.91 Å². The molecule has 0 saturated carbocycles. The summed E-state index contributed by atoms with van der Waals surface area (Å²) in [7, 11) is 0. The fourth-order valence-electron chi connectivity index (χ4n) is 1.14. The smallest absolute Gasteiger partial charge is 0.224 e. The first kappa shape index (κ1) is 11.7. The number of carbonyl (C=O) groups excluding carboxylic acids is 1. The predicted octanol–water partition coefficient (Wildman–Crippen LogP) is 0.0517. The summed E-state index contributed by atoms with van der Waals surface area (Å²) < 4.78 is 0. The second-order valence-corrected chi connectivity index (χ2v) is 3.77. The van der Waals surface area contributed by atoms with E-state index >= 15 is 0 Å². The third-order valence-corrected chi connectivity index (χ3v) is 2.45. The molecule has 4 N–H and O–H groups in total. The second kappa shape index (κ2) is 5.50. The number of hydrogen-bond acceptors (Lipinski definition) is 3. The molecule has 1 aromatic rings. The van der Waals surface area contributed by atoms with E-state index in [0.29, 0.717) is 6.54 Å². The third-order valence-electron chi connectivity index (χ3n) is 2.45. The zero-order valence-electron chi connectivity index (χ0n) is 9.16. The molecule has 0 radical (unpaired) electrons. The van der Waals surface area contributed by atoms with Gasteiger partial charge in [0, 0.05) is 36.8 Å². The molecule has 0 aromatic carbocycles. The molecule has 0 fully saturated rings. The molecule has 1 amide bonds. The van der Waals surface area contributed by atoms with Gasteiger partial charge in [-0.3, -0.25) is 4.79 Å². The van der Waals surface area contributed by atoms with E-state index < -0.39 is 0 Å². The van der Waals surface area contributed by atoms with Crippen molar-refractivity contribution in [2.75, 3.05) is 6.54 Å². The first-order valence-corrected chi connectivity index (χ1v) is 5.12. The topological polar surface area (TPSA) is 83.8 Å². The molecule has 0 saturated heterocycles. The Morgan fingerprint density at radius 3 is 2.93 bits per heavy atom. The molecule has 1 heterocycles. The lowest BCUT2D eigenvalue weighted by atomic mass is 10.0. The van der Waals surface area contributed by atoms with E-state index in [0.717, 1.165) is 12.1 Å². The maximum Gasteiger partial charge on any atom is 0.224 e. The number of nitrogens with one attached hydrogen (secondary N) is 2. The summed E-state index contributed by atoms with van der Waals surface area (Å²) in [6.45, 7) is 4.27. The van der Waals surface area contributed by atoms with Gasteiger partial charge in [0.15, 0.2) is 0 Å². The minimum Gasteiger partial charge on any atom is -0.355 e. The maximum absolute atomic E-state index is 11.5. The molecule has 15 heavy (non-hydrogen) atoms. The standard InChI is InChI=1S/C10H18N4O/c1-7(8(2)11)10(15)13-4-3-9-5-12-6-14-9/h5-8H,3-4,11H2,1-2H3,(H,12,14)(H,13,15). The molecule has 84 valence electrons. The molecule has 1 rings (SSSR count). The van der Waals surface area contributed by atoms with Crippen LogP contribution in [0.3, 0.4) is 0 Å². The minimum atomic E-state index is -0.147. The number of aromatic nitrogens is 2. The van der Waals surface area contributed by atoms with Crippen molar-refractivity contribution in [2.45, 2.75) is 26.3 Å². The fraction of sp³-hybridized carbons (Fsp3) is 0.600. The Bertz CT molecular complexity index is 294. The van der Waals surface area contributed by atoms with Crippen molar-refractivity contribution in [2.24, 2.45) is 11.7 Å². The molecule has 0 aliphatic rings.